The molecule has 7 nitrogen and oxygen atoms in total. The number of aliphatic hydroxyl groups is 1. The number of nitrogens with zero attached hydrogens (tertiary/aromatic N) is 1. The van der Waals surface area contributed by atoms with Crippen LogP contribution >= 0.6 is 0 Å². The number of hydrogen-bond donors (Lipinski definition) is 2. The number of phenols is 1. The van der Waals surface area contributed by atoms with Gasteiger partial charge in [0.1, 0.15) is 11.6 Å². The molecule has 2 N–H and O–H groups in total. The second-order valence-electron chi connectivity index (χ2n) is 7.75. The molecule has 32 heavy (non-hydrogen) atoms. The fraction of sp³-hybridized carbons (Fsp3) is 0.333. The van der Waals surface area contributed by atoms with Gasteiger partial charge in [0.05, 0.1) is 24.3 Å². The lowest BCUT2D eigenvalue weighted by Gasteiger charge is -2.27. The maximum Gasteiger partial charge on any atom is 0.295 e. The van der Waals surface area contributed by atoms with Gasteiger partial charge in [-0.15, -0.1) is 0 Å². The second-order valence-corrected chi connectivity index (χ2v) is 7.75. The third-order valence-electron chi connectivity index (χ3n) is 5.68. The number of phenolic OH excluding ortho intramolecular Hbond substituents is 1. The van der Waals surface area contributed by atoms with Crippen LogP contribution in [0, 0.1) is 5.82 Å². The molecule has 0 unspecified atom stereocenters. The SMILES string of the molecule is CCOc1cc([C@@H]2C(=C(O)c3ccc(F)cc3)C(=O)C(=O)N2C[C@H]2CCCO2)ccc1O. The van der Waals surface area contributed by atoms with Gasteiger partial charge in [-0.25, -0.2) is 4.39 Å². The van der Waals surface area contributed by atoms with E-state index in [4.69, 9.17) is 9.47 Å². The maximum atomic E-state index is 13.4. The standard InChI is InChI=1S/C24H24FNO6/c1-2-31-19-12-15(7-10-18(19)27)21-20(22(28)14-5-8-16(25)9-6-14)23(29)24(30)26(21)13-17-4-3-11-32-17/h5-10,12,17,21,27-28H,2-4,11,13H2,1H3/t17-,21-/m1/s1. The Morgan fingerprint density at radius 3 is 2.62 bits per heavy atom. The summed E-state index contributed by atoms with van der Waals surface area (Å²) >= 11 is 0. The van der Waals surface area contributed by atoms with E-state index in [9.17, 15) is 24.2 Å². The number of benzene rings is 2. The molecule has 0 aliphatic carbocycles. The largest absolute Gasteiger partial charge is 0.507 e. The van der Waals surface area contributed by atoms with Crippen molar-refractivity contribution in [3.8, 4) is 11.5 Å². The fourth-order valence-electron chi connectivity index (χ4n) is 4.16. The van der Waals surface area contributed by atoms with Crippen LogP contribution in [0.1, 0.15) is 36.9 Å². The van der Waals surface area contributed by atoms with E-state index in [1.165, 1.54) is 35.2 Å². The molecule has 2 fully saturated rings. The first-order valence-electron chi connectivity index (χ1n) is 10.5. The minimum absolute atomic E-state index is 0.0785. The van der Waals surface area contributed by atoms with Crippen LogP contribution in [-0.4, -0.2) is 52.7 Å². The molecule has 2 heterocycles. The zero-order valence-corrected chi connectivity index (χ0v) is 17.6. The molecule has 0 bridgehead atoms. The Bertz CT molecular complexity index is 1060. The van der Waals surface area contributed by atoms with Gasteiger partial charge in [-0.2, -0.15) is 0 Å². The van der Waals surface area contributed by atoms with Gasteiger partial charge in [-0.3, -0.25) is 9.59 Å². The summed E-state index contributed by atoms with van der Waals surface area (Å²) in [6.45, 7) is 2.84. The lowest BCUT2D eigenvalue weighted by molar-refractivity contribution is -0.140. The molecule has 2 aromatic rings. The van der Waals surface area contributed by atoms with E-state index < -0.39 is 29.3 Å². The summed E-state index contributed by atoms with van der Waals surface area (Å²) in [6.07, 6.45) is 1.40. The highest BCUT2D eigenvalue weighted by atomic mass is 19.1. The summed E-state index contributed by atoms with van der Waals surface area (Å²) < 4.78 is 24.5. The van der Waals surface area contributed by atoms with Crippen molar-refractivity contribution in [1.29, 1.82) is 0 Å². The van der Waals surface area contributed by atoms with Gasteiger partial charge >= 0.3 is 0 Å². The van der Waals surface area contributed by atoms with E-state index in [0.717, 1.165) is 12.8 Å². The fourth-order valence-corrected chi connectivity index (χ4v) is 4.16. The number of aliphatic hydroxyl groups excluding tert-OH is 1. The predicted octanol–water partition coefficient (Wildman–Crippen LogP) is 3.53. The lowest BCUT2D eigenvalue weighted by Crippen LogP contribution is -2.36. The van der Waals surface area contributed by atoms with Crippen molar-refractivity contribution in [2.24, 2.45) is 0 Å². The number of amides is 1. The summed E-state index contributed by atoms with van der Waals surface area (Å²) in [5.41, 5.74) is 0.607. The molecule has 2 saturated heterocycles. The van der Waals surface area contributed by atoms with Crippen LogP contribution in [0.3, 0.4) is 0 Å². The number of hydrogen-bond acceptors (Lipinski definition) is 6. The van der Waals surface area contributed by atoms with Crippen LogP contribution in [0.5, 0.6) is 11.5 Å². The predicted molar refractivity (Wildman–Crippen MR) is 114 cm³/mol. The average Bonchev–Trinajstić information content (AvgIpc) is 3.38. The molecule has 4 rings (SSSR count). The van der Waals surface area contributed by atoms with Gasteiger partial charge in [0.25, 0.3) is 11.7 Å². The van der Waals surface area contributed by atoms with Crippen LogP contribution in [-0.2, 0) is 14.3 Å². The third kappa shape index (κ3) is 4.05. The number of Topliss-reactive ketones (excluding diaryl/α,β-unsaturated/α-hetero) is 1. The molecular formula is C24H24FNO6. The number of halogens is 1. The molecule has 2 aromatic carbocycles. The number of ether oxygens (including phenoxy) is 2. The zero-order chi connectivity index (χ0) is 22.8. The van der Waals surface area contributed by atoms with Crippen molar-refractivity contribution in [3.63, 3.8) is 0 Å². The summed E-state index contributed by atoms with van der Waals surface area (Å²) in [4.78, 5) is 27.4. The van der Waals surface area contributed by atoms with Crippen LogP contribution in [0.4, 0.5) is 4.39 Å². The summed E-state index contributed by atoms with van der Waals surface area (Å²) in [6, 6.07) is 8.66. The molecular weight excluding hydrogens is 417 g/mol. The Balaban J connectivity index is 1.84. The number of carbonyl (C=O) groups excluding carboxylic acids is 2. The van der Waals surface area contributed by atoms with Gasteiger partial charge in [-0.05, 0) is 61.7 Å². The van der Waals surface area contributed by atoms with E-state index in [1.807, 2.05) is 0 Å². The Hall–Kier alpha value is -3.39. The highest BCUT2D eigenvalue weighted by molar-refractivity contribution is 6.46. The Morgan fingerprint density at radius 1 is 1.22 bits per heavy atom. The summed E-state index contributed by atoms with van der Waals surface area (Å²) in [5, 5.41) is 21.1. The van der Waals surface area contributed by atoms with Crippen molar-refractivity contribution < 1.29 is 33.7 Å². The molecule has 2 aliphatic heterocycles. The molecule has 2 atom stereocenters. The van der Waals surface area contributed by atoms with E-state index in [-0.39, 0.29) is 35.3 Å². The smallest absolute Gasteiger partial charge is 0.295 e. The number of carbonyl (C=O) groups is 2. The first-order valence-corrected chi connectivity index (χ1v) is 10.5. The van der Waals surface area contributed by atoms with E-state index in [1.54, 1.807) is 19.1 Å². The van der Waals surface area contributed by atoms with E-state index in [0.29, 0.717) is 18.8 Å². The Labute approximate surface area is 184 Å². The molecule has 1 amide bonds. The molecule has 8 heteroatoms. The van der Waals surface area contributed by atoms with Gasteiger partial charge in [-0.1, -0.05) is 6.07 Å². The average molecular weight is 441 g/mol. The highest BCUT2D eigenvalue weighted by Gasteiger charge is 2.47. The lowest BCUT2D eigenvalue weighted by atomic mass is 9.95. The molecule has 0 saturated carbocycles. The van der Waals surface area contributed by atoms with Crippen LogP contribution in [0.25, 0.3) is 5.76 Å². The molecule has 2 aliphatic rings. The van der Waals surface area contributed by atoms with Gasteiger partial charge in [0.2, 0.25) is 0 Å². The number of likely N-dealkylation sites (tertiary alicyclic amines) is 1. The maximum absolute atomic E-state index is 13.4. The van der Waals surface area contributed by atoms with Gasteiger partial charge < -0.3 is 24.6 Å². The van der Waals surface area contributed by atoms with Crippen molar-refractivity contribution in [2.75, 3.05) is 19.8 Å². The second kappa shape index (κ2) is 9.00. The van der Waals surface area contributed by atoms with Crippen LogP contribution < -0.4 is 4.74 Å². The third-order valence-corrected chi connectivity index (χ3v) is 5.68. The number of rotatable bonds is 6. The van der Waals surface area contributed by atoms with Crippen molar-refractivity contribution in [3.05, 3.63) is 65.0 Å². The van der Waals surface area contributed by atoms with E-state index >= 15 is 0 Å². The summed E-state index contributed by atoms with van der Waals surface area (Å²) in [5.74, 6) is -2.34. The molecule has 0 radical (unpaired) electrons. The Morgan fingerprint density at radius 2 is 1.97 bits per heavy atom. The Kier molecular flexibility index (Phi) is 6.14. The number of aromatic hydroxyl groups is 1. The zero-order valence-electron chi connectivity index (χ0n) is 17.6. The minimum atomic E-state index is -0.913. The molecule has 168 valence electrons. The van der Waals surface area contributed by atoms with Crippen molar-refractivity contribution in [2.45, 2.75) is 31.9 Å². The van der Waals surface area contributed by atoms with E-state index in [2.05, 4.69) is 0 Å². The first-order chi connectivity index (χ1) is 15.4. The normalized spacial score (nSPS) is 22.5. The molecule has 0 spiro atoms. The molecule has 0 aromatic heterocycles. The van der Waals surface area contributed by atoms with Gasteiger partial charge in [0.15, 0.2) is 11.5 Å². The first kappa shape index (κ1) is 21.8. The number of ketones is 1. The van der Waals surface area contributed by atoms with Crippen LogP contribution in [0.2, 0.25) is 0 Å². The highest BCUT2D eigenvalue weighted by Crippen LogP contribution is 2.42. The van der Waals surface area contributed by atoms with Crippen LogP contribution in [0.15, 0.2) is 48.0 Å². The topological polar surface area (TPSA) is 96.3 Å². The minimum Gasteiger partial charge on any atom is -0.507 e. The summed E-state index contributed by atoms with van der Waals surface area (Å²) in [7, 11) is 0. The van der Waals surface area contributed by atoms with Crippen molar-refractivity contribution >= 4 is 17.4 Å². The van der Waals surface area contributed by atoms with Crippen molar-refractivity contribution in [1.82, 2.24) is 4.90 Å². The quantitative estimate of drug-likeness (QED) is 0.405. The van der Waals surface area contributed by atoms with Gasteiger partial charge in [0, 0.05) is 18.7 Å². The monoisotopic (exact) mass is 441 g/mol.